The van der Waals surface area contributed by atoms with Crippen molar-refractivity contribution >= 4 is 52.4 Å². The van der Waals surface area contributed by atoms with Crippen LogP contribution in [-0.4, -0.2) is 67.0 Å². The van der Waals surface area contributed by atoms with Crippen LogP contribution in [-0.2, 0) is 42.9 Å². The van der Waals surface area contributed by atoms with E-state index in [1.807, 2.05) is 22.6 Å². The van der Waals surface area contributed by atoms with Crippen molar-refractivity contribution in [2.75, 3.05) is 6.61 Å². The summed E-state index contributed by atoms with van der Waals surface area (Å²) in [6, 6.07) is 5.41. The Morgan fingerprint density at radius 3 is 2.06 bits per heavy atom. The van der Waals surface area contributed by atoms with Crippen LogP contribution < -0.4 is 5.32 Å². The molecule has 0 aliphatic carbocycles. The van der Waals surface area contributed by atoms with Crippen molar-refractivity contribution in [2.45, 2.75) is 58.3 Å². The van der Waals surface area contributed by atoms with Gasteiger partial charge in [-0.25, -0.2) is 0 Å². The van der Waals surface area contributed by atoms with Gasteiger partial charge in [-0.1, -0.05) is 6.07 Å². The molecule has 0 bridgehead atoms. The first-order chi connectivity index (χ1) is 15.5. The minimum absolute atomic E-state index is 0.288. The fourth-order valence-electron chi connectivity index (χ4n) is 3.18. The number of rotatable bonds is 7. The lowest BCUT2D eigenvalue weighted by Gasteiger charge is -2.44. The van der Waals surface area contributed by atoms with E-state index in [0.29, 0.717) is 0 Å². The molecule has 0 aromatic heterocycles. The van der Waals surface area contributed by atoms with E-state index in [9.17, 15) is 24.0 Å². The number of amides is 1. The number of ether oxygens (including phenoxy) is 5. The van der Waals surface area contributed by atoms with E-state index in [4.69, 9.17) is 23.7 Å². The average Bonchev–Trinajstić information content (AvgIpc) is 2.69. The van der Waals surface area contributed by atoms with Gasteiger partial charge in [0.25, 0.3) is 5.91 Å². The van der Waals surface area contributed by atoms with Crippen molar-refractivity contribution in [3.63, 3.8) is 0 Å². The van der Waals surface area contributed by atoms with Crippen LogP contribution in [0.5, 0.6) is 0 Å². The zero-order valence-electron chi connectivity index (χ0n) is 18.4. The van der Waals surface area contributed by atoms with E-state index in [1.165, 1.54) is 6.92 Å². The summed E-state index contributed by atoms with van der Waals surface area (Å²) in [5, 5.41) is 2.64. The molecule has 1 aliphatic heterocycles. The predicted octanol–water partition coefficient (Wildman–Crippen LogP) is 1.10. The zero-order valence-corrected chi connectivity index (χ0v) is 20.5. The van der Waals surface area contributed by atoms with Gasteiger partial charge in [0.1, 0.15) is 18.8 Å². The van der Waals surface area contributed by atoms with E-state index in [2.05, 4.69) is 5.32 Å². The van der Waals surface area contributed by atoms with E-state index in [0.717, 1.165) is 24.3 Å². The van der Waals surface area contributed by atoms with Gasteiger partial charge in [0.05, 0.1) is 0 Å². The van der Waals surface area contributed by atoms with Gasteiger partial charge in [-0.15, -0.1) is 0 Å². The molecule has 0 spiro atoms. The Bertz CT molecular complexity index is 920. The third kappa shape index (κ3) is 7.96. The van der Waals surface area contributed by atoms with Crippen molar-refractivity contribution in [3.05, 3.63) is 33.4 Å². The highest BCUT2D eigenvalue weighted by Crippen LogP contribution is 2.28. The monoisotopic (exact) mass is 577 g/mol. The van der Waals surface area contributed by atoms with Crippen LogP contribution in [0.2, 0.25) is 0 Å². The molecule has 1 amide bonds. The first kappa shape index (κ1) is 26.5. The number of carbonyl (C=O) groups excluding carboxylic acids is 5. The highest BCUT2D eigenvalue weighted by Gasteiger charge is 2.52. The van der Waals surface area contributed by atoms with Crippen LogP contribution >= 0.6 is 22.6 Å². The van der Waals surface area contributed by atoms with Crippen LogP contribution in [0.3, 0.4) is 0 Å². The van der Waals surface area contributed by atoms with Crippen LogP contribution in [0.4, 0.5) is 0 Å². The Labute approximate surface area is 203 Å². The van der Waals surface area contributed by atoms with Gasteiger partial charge in [0.2, 0.25) is 6.29 Å². The van der Waals surface area contributed by atoms with Crippen molar-refractivity contribution in [2.24, 2.45) is 0 Å². The SMILES string of the molecule is CC(=O)OC[C@H]1O[C@@H](OC(C)=O)[C@H](NC(=O)c2cccc(I)c2)[C@@H](OC(C)=O)[C@@H]1OC(C)=O. The topological polar surface area (TPSA) is 144 Å². The van der Waals surface area contributed by atoms with E-state index >= 15 is 0 Å². The summed E-state index contributed by atoms with van der Waals surface area (Å²) in [5.74, 6) is -3.44. The summed E-state index contributed by atoms with van der Waals surface area (Å²) in [6.45, 7) is 4.16. The molecule has 12 heteroatoms. The molecule has 1 fully saturated rings. The number of halogens is 1. The Morgan fingerprint density at radius 2 is 1.52 bits per heavy atom. The number of hydrogen-bond donors (Lipinski definition) is 1. The molecule has 0 unspecified atom stereocenters. The second-order valence-electron chi connectivity index (χ2n) is 7.11. The molecule has 11 nitrogen and oxygen atoms in total. The second-order valence-corrected chi connectivity index (χ2v) is 8.36. The van der Waals surface area contributed by atoms with Gasteiger partial charge in [0, 0.05) is 36.8 Å². The number of hydrogen-bond acceptors (Lipinski definition) is 10. The molecular formula is C21H24INO10. The van der Waals surface area contributed by atoms with Crippen molar-refractivity contribution in [1.82, 2.24) is 5.32 Å². The van der Waals surface area contributed by atoms with Crippen molar-refractivity contribution < 1.29 is 47.7 Å². The molecule has 33 heavy (non-hydrogen) atoms. The third-order valence-electron chi connectivity index (χ3n) is 4.37. The first-order valence-corrected chi connectivity index (χ1v) is 10.9. The summed E-state index contributed by atoms with van der Waals surface area (Å²) < 4.78 is 27.4. The predicted molar refractivity (Wildman–Crippen MR) is 119 cm³/mol. The molecule has 2 rings (SSSR count). The molecule has 0 saturated carbocycles. The lowest BCUT2D eigenvalue weighted by atomic mass is 9.95. The van der Waals surface area contributed by atoms with Gasteiger partial charge >= 0.3 is 23.9 Å². The Kier molecular flexibility index (Phi) is 9.58. The zero-order chi connectivity index (χ0) is 24.7. The van der Waals surface area contributed by atoms with Crippen LogP contribution in [0, 0.1) is 3.57 Å². The Hall–Kier alpha value is -2.74. The fraction of sp³-hybridized carbons (Fsp3) is 0.476. The van der Waals surface area contributed by atoms with Gasteiger partial charge in [0.15, 0.2) is 12.2 Å². The quantitative estimate of drug-likeness (QED) is 0.284. The fourth-order valence-corrected chi connectivity index (χ4v) is 3.73. The highest BCUT2D eigenvalue weighted by atomic mass is 127. The Morgan fingerprint density at radius 1 is 0.909 bits per heavy atom. The molecule has 1 saturated heterocycles. The van der Waals surface area contributed by atoms with Gasteiger partial charge in [-0.2, -0.15) is 0 Å². The molecule has 1 N–H and O–H groups in total. The third-order valence-corrected chi connectivity index (χ3v) is 5.04. The summed E-state index contributed by atoms with van der Waals surface area (Å²) in [7, 11) is 0. The minimum Gasteiger partial charge on any atom is -0.463 e. The molecular weight excluding hydrogens is 553 g/mol. The number of nitrogens with one attached hydrogen (secondary N) is 1. The van der Waals surface area contributed by atoms with E-state index in [-0.39, 0.29) is 12.2 Å². The van der Waals surface area contributed by atoms with Crippen LogP contribution in [0.1, 0.15) is 38.1 Å². The van der Waals surface area contributed by atoms with Gasteiger partial charge in [-0.05, 0) is 40.8 Å². The normalized spacial score (nSPS) is 24.2. The molecule has 1 heterocycles. The first-order valence-electron chi connectivity index (χ1n) is 9.84. The molecule has 1 aliphatic rings. The lowest BCUT2D eigenvalue weighted by molar-refractivity contribution is -0.270. The maximum absolute atomic E-state index is 12.9. The molecule has 0 radical (unpaired) electrons. The highest BCUT2D eigenvalue weighted by molar-refractivity contribution is 14.1. The maximum Gasteiger partial charge on any atom is 0.305 e. The standard InChI is InChI=1S/C21H24INO10/c1-10(24)29-9-16-18(30-11(2)25)19(31-12(3)26)17(21(33-16)32-13(4)27)23-20(28)14-6-5-7-15(22)8-14/h5-8,16-19,21H,9H2,1-4H3,(H,23,28)/t16-,17-,18-,19-,21-/m1/s1. The maximum atomic E-state index is 12.9. The smallest absolute Gasteiger partial charge is 0.305 e. The summed E-state index contributed by atoms with van der Waals surface area (Å²) in [4.78, 5) is 59.6. The van der Waals surface area contributed by atoms with Crippen molar-refractivity contribution in [1.29, 1.82) is 0 Å². The molecule has 1 aromatic rings. The molecule has 1 aromatic carbocycles. The summed E-state index contributed by atoms with van der Waals surface area (Å²) >= 11 is 2.04. The number of esters is 4. The lowest BCUT2D eigenvalue weighted by Crippen LogP contribution is -2.67. The largest absolute Gasteiger partial charge is 0.463 e. The molecule has 5 atom stereocenters. The van der Waals surface area contributed by atoms with Gasteiger partial charge in [-0.3, -0.25) is 24.0 Å². The minimum atomic E-state index is -1.44. The number of carbonyl (C=O) groups is 5. The summed E-state index contributed by atoms with van der Waals surface area (Å²) in [6.07, 6.45) is -5.20. The number of benzene rings is 1. The van der Waals surface area contributed by atoms with Crippen LogP contribution in [0.15, 0.2) is 24.3 Å². The Balaban J connectivity index is 2.45. The van der Waals surface area contributed by atoms with Crippen molar-refractivity contribution in [3.8, 4) is 0 Å². The van der Waals surface area contributed by atoms with Crippen LogP contribution in [0.25, 0.3) is 0 Å². The molecule has 180 valence electrons. The van der Waals surface area contributed by atoms with Gasteiger partial charge < -0.3 is 29.0 Å². The second kappa shape index (κ2) is 11.9. The average molecular weight is 577 g/mol. The van der Waals surface area contributed by atoms with E-state index < -0.39 is 60.4 Å². The van der Waals surface area contributed by atoms with E-state index in [1.54, 1.807) is 24.3 Å². The summed E-state index contributed by atoms with van der Waals surface area (Å²) in [5.41, 5.74) is 0.288.